The molecule has 0 aliphatic carbocycles. The number of amides is 1. The van der Waals surface area contributed by atoms with Gasteiger partial charge in [-0.15, -0.1) is 5.10 Å². The maximum absolute atomic E-state index is 12.6. The van der Waals surface area contributed by atoms with Crippen molar-refractivity contribution in [3.63, 3.8) is 0 Å². The minimum Gasteiger partial charge on any atom is -0.497 e. The van der Waals surface area contributed by atoms with E-state index in [9.17, 15) is 4.79 Å². The molecule has 0 aliphatic rings. The Morgan fingerprint density at radius 3 is 2.62 bits per heavy atom. The van der Waals surface area contributed by atoms with Gasteiger partial charge in [-0.2, -0.15) is 4.68 Å². The van der Waals surface area contributed by atoms with E-state index in [2.05, 4.69) is 25.6 Å². The van der Waals surface area contributed by atoms with Crippen molar-refractivity contribution in [2.45, 2.75) is 5.03 Å². The van der Waals surface area contributed by atoms with Crippen LogP contribution < -0.4 is 19.5 Å². The minimum atomic E-state index is -0.228. The zero-order chi connectivity index (χ0) is 22.5. The number of nitrogens with zero attached hydrogens (tertiary/aromatic N) is 5. The number of aromatic nitrogens is 5. The van der Waals surface area contributed by atoms with Crippen LogP contribution in [0.3, 0.4) is 0 Å². The van der Waals surface area contributed by atoms with E-state index in [1.807, 2.05) is 24.3 Å². The van der Waals surface area contributed by atoms with Crippen LogP contribution >= 0.6 is 11.8 Å². The van der Waals surface area contributed by atoms with Crippen molar-refractivity contribution in [3.05, 3.63) is 48.8 Å². The second-order valence-corrected chi connectivity index (χ2v) is 7.42. The third-order valence-corrected chi connectivity index (χ3v) is 5.50. The summed E-state index contributed by atoms with van der Waals surface area (Å²) in [6, 6.07) is 12.6. The van der Waals surface area contributed by atoms with Crippen LogP contribution in [0, 0.1) is 0 Å². The van der Waals surface area contributed by atoms with Gasteiger partial charge in [0.1, 0.15) is 28.6 Å². The van der Waals surface area contributed by atoms with Crippen molar-refractivity contribution in [2.24, 2.45) is 0 Å². The van der Waals surface area contributed by atoms with Crippen molar-refractivity contribution in [1.82, 2.24) is 25.0 Å². The molecule has 32 heavy (non-hydrogen) atoms. The highest BCUT2D eigenvalue weighted by molar-refractivity contribution is 8.00. The first-order valence-electron chi connectivity index (χ1n) is 9.48. The van der Waals surface area contributed by atoms with Crippen LogP contribution in [-0.2, 0) is 4.79 Å². The highest BCUT2D eigenvalue weighted by Crippen LogP contribution is 2.30. The molecule has 164 valence electrons. The molecule has 1 N–H and O–H groups in total. The van der Waals surface area contributed by atoms with Crippen molar-refractivity contribution in [3.8, 4) is 22.9 Å². The summed E-state index contributed by atoms with van der Waals surface area (Å²) in [6.45, 7) is 0. The number of methoxy groups -OCH3 is 3. The van der Waals surface area contributed by atoms with Crippen LogP contribution in [0.5, 0.6) is 17.2 Å². The molecule has 10 nitrogen and oxygen atoms in total. The number of hydrogen-bond donors (Lipinski definition) is 1. The summed E-state index contributed by atoms with van der Waals surface area (Å²) in [5.41, 5.74) is 2.32. The van der Waals surface area contributed by atoms with Gasteiger partial charge >= 0.3 is 0 Å². The highest BCUT2D eigenvalue weighted by atomic mass is 32.2. The normalized spacial score (nSPS) is 10.7. The summed E-state index contributed by atoms with van der Waals surface area (Å²) in [5, 5.41) is 11.8. The zero-order valence-electron chi connectivity index (χ0n) is 17.6. The van der Waals surface area contributed by atoms with Crippen LogP contribution in [-0.4, -0.2) is 58.0 Å². The largest absolute Gasteiger partial charge is 0.497 e. The molecule has 0 unspecified atom stereocenters. The predicted octanol–water partition coefficient (Wildman–Crippen LogP) is 2.97. The average Bonchev–Trinajstić information content (AvgIpc) is 3.27. The Hall–Kier alpha value is -3.86. The van der Waals surface area contributed by atoms with E-state index >= 15 is 0 Å². The predicted molar refractivity (Wildman–Crippen MR) is 120 cm³/mol. The summed E-state index contributed by atoms with van der Waals surface area (Å²) in [6.07, 6.45) is 1.42. The first-order chi connectivity index (χ1) is 15.6. The van der Waals surface area contributed by atoms with E-state index in [0.717, 1.165) is 5.69 Å². The first kappa shape index (κ1) is 21.4. The molecule has 0 aliphatic heterocycles. The van der Waals surface area contributed by atoms with Crippen LogP contribution in [0.25, 0.3) is 16.9 Å². The molecule has 4 rings (SSSR count). The molecule has 0 radical (unpaired) electrons. The van der Waals surface area contributed by atoms with Gasteiger partial charge in [-0.25, -0.2) is 9.97 Å². The number of ether oxygens (including phenoxy) is 3. The number of fused-ring (bicyclic) bond motifs is 1. The first-order valence-corrected chi connectivity index (χ1v) is 10.5. The lowest BCUT2D eigenvalue weighted by Crippen LogP contribution is -2.15. The van der Waals surface area contributed by atoms with Gasteiger partial charge in [0, 0.05) is 12.1 Å². The summed E-state index contributed by atoms with van der Waals surface area (Å²) in [5.74, 6) is 1.72. The fraction of sp³-hybridized carbons (Fsp3) is 0.190. The lowest BCUT2D eigenvalue weighted by Gasteiger charge is -2.11. The van der Waals surface area contributed by atoms with Gasteiger partial charge < -0.3 is 19.5 Å². The minimum absolute atomic E-state index is 0.110. The third-order valence-electron chi connectivity index (χ3n) is 4.52. The van der Waals surface area contributed by atoms with Crippen molar-refractivity contribution >= 4 is 34.5 Å². The van der Waals surface area contributed by atoms with E-state index in [1.54, 1.807) is 37.1 Å². The van der Waals surface area contributed by atoms with Gasteiger partial charge in [-0.3, -0.25) is 4.79 Å². The Labute approximate surface area is 187 Å². The zero-order valence-corrected chi connectivity index (χ0v) is 18.4. The summed E-state index contributed by atoms with van der Waals surface area (Å²) in [7, 11) is 4.69. The van der Waals surface area contributed by atoms with E-state index in [0.29, 0.717) is 39.1 Å². The summed E-state index contributed by atoms with van der Waals surface area (Å²) in [4.78, 5) is 21.1. The van der Waals surface area contributed by atoms with E-state index < -0.39 is 0 Å². The van der Waals surface area contributed by atoms with Crippen LogP contribution in [0.2, 0.25) is 0 Å². The van der Waals surface area contributed by atoms with Gasteiger partial charge in [0.2, 0.25) is 5.91 Å². The monoisotopic (exact) mass is 452 g/mol. The maximum Gasteiger partial charge on any atom is 0.234 e. The summed E-state index contributed by atoms with van der Waals surface area (Å²) < 4.78 is 17.4. The molecule has 0 bridgehead atoms. The Bertz CT molecular complexity index is 1260. The fourth-order valence-electron chi connectivity index (χ4n) is 2.98. The standard InChI is InChI=1S/C21H20N6O4S/c1-29-14-6-4-5-13(9-14)27-20-19(25-26-27)21(23-12-22-20)32-11-18(28)24-16-10-15(30-2)7-8-17(16)31-3/h4-10,12H,11H2,1-3H3,(H,24,28). The molecule has 0 atom stereocenters. The maximum atomic E-state index is 12.6. The molecule has 0 fully saturated rings. The third kappa shape index (κ3) is 4.42. The Morgan fingerprint density at radius 2 is 1.84 bits per heavy atom. The second-order valence-electron chi connectivity index (χ2n) is 6.46. The number of anilines is 1. The van der Waals surface area contributed by atoms with Gasteiger partial charge in [0.05, 0.1) is 38.5 Å². The number of benzene rings is 2. The van der Waals surface area contributed by atoms with E-state index in [-0.39, 0.29) is 11.7 Å². The van der Waals surface area contributed by atoms with E-state index in [4.69, 9.17) is 14.2 Å². The van der Waals surface area contributed by atoms with Crippen LogP contribution in [0.15, 0.2) is 53.8 Å². The number of hydrogen-bond acceptors (Lipinski definition) is 9. The molecule has 2 aromatic carbocycles. The summed E-state index contributed by atoms with van der Waals surface area (Å²) >= 11 is 1.24. The number of carbonyl (C=O) groups excluding carboxylic acids is 1. The molecule has 1 amide bonds. The Morgan fingerprint density at radius 1 is 1.03 bits per heavy atom. The van der Waals surface area contributed by atoms with Gasteiger partial charge in [-0.1, -0.05) is 23.0 Å². The number of nitrogens with one attached hydrogen (secondary N) is 1. The lowest BCUT2D eigenvalue weighted by molar-refractivity contribution is -0.113. The molecule has 2 heterocycles. The van der Waals surface area contributed by atoms with Crippen molar-refractivity contribution in [1.29, 1.82) is 0 Å². The fourth-order valence-corrected chi connectivity index (χ4v) is 3.71. The quantitative estimate of drug-likeness (QED) is 0.318. The lowest BCUT2D eigenvalue weighted by atomic mass is 10.2. The molecule has 11 heteroatoms. The van der Waals surface area contributed by atoms with Gasteiger partial charge in [-0.05, 0) is 24.3 Å². The molecule has 2 aromatic heterocycles. The molecule has 0 saturated heterocycles. The Balaban J connectivity index is 1.52. The van der Waals surface area contributed by atoms with Crippen LogP contribution in [0.1, 0.15) is 0 Å². The average molecular weight is 452 g/mol. The molecular weight excluding hydrogens is 432 g/mol. The number of thioether (sulfide) groups is 1. The van der Waals surface area contributed by atoms with Crippen molar-refractivity contribution in [2.75, 3.05) is 32.4 Å². The number of carbonyl (C=O) groups is 1. The molecule has 0 spiro atoms. The van der Waals surface area contributed by atoms with E-state index in [1.165, 1.54) is 25.2 Å². The molecular formula is C21H20N6O4S. The van der Waals surface area contributed by atoms with Crippen molar-refractivity contribution < 1.29 is 19.0 Å². The van der Waals surface area contributed by atoms with Gasteiger partial charge in [0.25, 0.3) is 0 Å². The smallest absolute Gasteiger partial charge is 0.234 e. The Kier molecular flexibility index (Phi) is 6.36. The second kappa shape index (κ2) is 9.52. The topological polar surface area (TPSA) is 113 Å². The number of rotatable bonds is 8. The SMILES string of the molecule is COc1cccc(-n2nnc3c(SCC(=O)Nc4cc(OC)ccc4OC)ncnc32)c1. The molecule has 4 aromatic rings. The van der Waals surface area contributed by atoms with Crippen LogP contribution in [0.4, 0.5) is 5.69 Å². The van der Waals surface area contributed by atoms with Gasteiger partial charge in [0.15, 0.2) is 11.2 Å². The highest BCUT2D eigenvalue weighted by Gasteiger charge is 2.16. The molecule has 0 saturated carbocycles.